The number of ketones is 1. The molecule has 0 aromatic heterocycles. The highest BCUT2D eigenvalue weighted by Gasteiger charge is 2.33. The molecule has 0 unspecified atom stereocenters. The van der Waals surface area contributed by atoms with Crippen molar-refractivity contribution in [3.8, 4) is 0 Å². The Kier molecular flexibility index (Phi) is 5.88. The summed E-state index contributed by atoms with van der Waals surface area (Å²) in [6.07, 6.45) is 1.55. The lowest BCUT2D eigenvalue weighted by molar-refractivity contribution is 0.104. The highest BCUT2D eigenvalue weighted by atomic mass is 31.2. The molecule has 0 aliphatic heterocycles. The lowest BCUT2D eigenvalue weighted by atomic mass is 10.1. The predicted molar refractivity (Wildman–Crippen MR) is 125 cm³/mol. The van der Waals surface area contributed by atoms with Gasteiger partial charge in [0.2, 0.25) is 0 Å². The first-order valence-electron chi connectivity index (χ1n) is 9.78. The minimum atomic E-state index is -3.29. The molecule has 0 bridgehead atoms. The topological polar surface area (TPSA) is 34.1 Å². The second-order valence-corrected chi connectivity index (χ2v) is 9.64. The highest BCUT2D eigenvalue weighted by Crippen LogP contribution is 2.56. The minimum Gasteiger partial charge on any atom is -0.309 e. The summed E-state index contributed by atoms with van der Waals surface area (Å²) in [4.78, 5) is 13.1. The van der Waals surface area contributed by atoms with Crippen LogP contribution in [0.3, 0.4) is 0 Å². The van der Waals surface area contributed by atoms with Gasteiger partial charge in [-0.2, -0.15) is 0 Å². The van der Waals surface area contributed by atoms with E-state index in [0.717, 1.165) is 5.56 Å². The van der Waals surface area contributed by atoms with Gasteiger partial charge in [-0.05, 0) is 11.6 Å². The van der Waals surface area contributed by atoms with Crippen LogP contribution in [0.4, 0.5) is 0 Å². The van der Waals surface area contributed by atoms with Gasteiger partial charge in [0.1, 0.15) is 0 Å². The van der Waals surface area contributed by atoms with Crippen molar-refractivity contribution in [1.82, 2.24) is 0 Å². The molecule has 0 aliphatic carbocycles. The van der Waals surface area contributed by atoms with Crippen molar-refractivity contribution in [2.24, 2.45) is 0 Å². The summed E-state index contributed by atoms with van der Waals surface area (Å²) in [7, 11) is -3.29. The first kappa shape index (κ1) is 19.8. The fourth-order valence-electron chi connectivity index (χ4n) is 3.48. The maximum atomic E-state index is 14.9. The van der Waals surface area contributed by atoms with Crippen molar-refractivity contribution in [3.63, 3.8) is 0 Å². The van der Waals surface area contributed by atoms with E-state index in [1.807, 2.05) is 109 Å². The maximum absolute atomic E-state index is 14.9. The Labute approximate surface area is 176 Å². The molecular formula is C27H21O2P. The van der Waals surface area contributed by atoms with Gasteiger partial charge in [0.15, 0.2) is 12.9 Å². The number of benzene rings is 4. The number of allylic oxidation sites excluding steroid dienone is 1. The Balaban J connectivity index is 1.99. The number of carbonyl (C=O) groups excluding carboxylic acids is 1. The molecule has 0 saturated heterocycles. The zero-order valence-corrected chi connectivity index (χ0v) is 17.3. The molecule has 0 aliphatic rings. The van der Waals surface area contributed by atoms with Crippen LogP contribution in [0.15, 0.2) is 127 Å². The number of carbonyl (C=O) groups is 1. The van der Waals surface area contributed by atoms with Gasteiger partial charge in [0.25, 0.3) is 0 Å². The summed E-state index contributed by atoms with van der Waals surface area (Å²) in [6.45, 7) is 0. The van der Waals surface area contributed by atoms with Gasteiger partial charge in [-0.3, -0.25) is 4.79 Å². The molecule has 3 heteroatoms. The molecule has 146 valence electrons. The van der Waals surface area contributed by atoms with E-state index in [1.165, 1.54) is 0 Å². The van der Waals surface area contributed by atoms with Crippen LogP contribution in [-0.4, -0.2) is 5.78 Å². The van der Waals surface area contributed by atoms with Gasteiger partial charge in [-0.25, -0.2) is 0 Å². The third-order valence-electron chi connectivity index (χ3n) is 4.97. The lowest BCUT2D eigenvalue weighted by Gasteiger charge is -2.23. The lowest BCUT2D eigenvalue weighted by Crippen LogP contribution is -2.17. The van der Waals surface area contributed by atoms with Crippen LogP contribution in [-0.2, 0) is 4.57 Å². The van der Waals surface area contributed by atoms with E-state index >= 15 is 0 Å². The normalized spacial score (nSPS) is 11.8. The standard InChI is InChI=1S/C27H21O2P/c28-26(22-13-5-1-6-14-22)21-27(23-15-7-2-8-16-23)30(29,24-17-9-3-10-18-24)25-19-11-4-12-20-25/h1-21H/b27-21+. The molecule has 0 fully saturated rings. The number of hydrogen-bond donors (Lipinski definition) is 0. The van der Waals surface area contributed by atoms with Gasteiger partial charge < -0.3 is 4.57 Å². The predicted octanol–water partition coefficient (Wildman–Crippen LogP) is 5.92. The average molecular weight is 408 g/mol. The second-order valence-electron chi connectivity index (χ2n) is 6.91. The SMILES string of the molecule is O=C(/C=C(\c1ccccc1)P(=O)(c1ccccc1)c1ccccc1)c1ccccc1. The zero-order valence-electron chi connectivity index (χ0n) is 16.4. The van der Waals surface area contributed by atoms with Gasteiger partial charge in [-0.1, -0.05) is 121 Å². The van der Waals surface area contributed by atoms with Crippen molar-refractivity contribution in [3.05, 3.63) is 139 Å². The molecule has 30 heavy (non-hydrogen) atoms. The molecule has 4 rings (SSSR count). The van der Waals surface area contributed by atoms with Crippen LogP contribution in [0.2, 0.25) is 0 Å². The van der Waals surface area contributed by atoms with E-state index in [-0.39, 0.29) is 5.78 Å². The van der Waals surface area contributed by atoms with Gasteiger partial charge >= 0.3 is 0 Å². The van der Waals surface area contributed by atoms with Crippen LogP contribution in [0.5, 0.6) is 0 Å². The third-order valence-corrected chi connectivity index (χ3v) is 8.09. The monoisotopic (exact) mass is 408 g/mol. The first-order valence-corrected chi connectivity index (χ1v) is 11.5. The number of hydrogen-bond acceptors (Lipinski definition) is 2. The zero-order chi connectivity index (χ0) is 20.8. The highest BCUT2D eigenvalue weighted by molar-refractivity contribution is 7.87. The van der Waals surface area contributed by atoms with Crippen molar-refractivity contribution in [1.29, 1.82) is 0 Å². The molecule has 0 saturated carbocycles. The summed E-state index contributed by atoms with van der Waals surface area (Å²) < 4.78 is 14.9. The van der Waals surface area contributed by atoms with E-state index in [9.17, 15) is 9.36 Å². The summed E-state index contributed by atoms with van der Waals surface area (Å²) in [6, 6.07) is 37.4. The van der Waals surface area contributed by atoms with Crippen LogP contribution >= 0.6 is 7.14 Å². The van der Waals surface area contributed by atoms with Crippen LogP contribution in [0.1, 0.15) is 15.9 Å². The molecule has 0 amide bonds. The second kappa shape index (κ2) is 8.90. The summed E-state index contributed by atoms with van der Waals surface area (Å²) >= 11 is 0. The van der Waals surface area contributed by atoms with E-state index in [0.29, 0.717) is 21.5 Å². The van der Waals surface area contributed by atoms with E-state index in [4.69, 9.17) is 0 Å². The fourth-order valence-corrected chi connectivity index (χ4v) is 6.33. The first-order chi connectivity index (χ1) is 14.7. The van der Waals surface area contributed by atoms with Crippen LogP contribution < -0.4 is 10.6 Å². The molecule has 0 N–H and O–H groups in total. The molecule has 0 spiro atoms. The van der Waals surface area contributed by atoms with Crippen LogP contribution in [0.25, 0.3) is 5.31 Å². The fraction of sp³-hybridized carbons (Fsp3) is 0. The number of rotatable bonds is 6. The maximum Gasteiger partial charge on any atom is 0.186 e. The quantitative estimate of drug-likeness (QED) is 0.225. The molecule has 2 nitrogen and oxygen atoms in total. The van der Waals surface area contributed by atoms with Crippen molar-refractivity contribution >= 4 is 28.8 Å². The minimum absolute atomic E-state index is 0.165. The summed E-state index contributed by atoms with van der Waals surface area (Å²) in [5.41, 5.74) is 1.34. The molecule has 4 aromatic carbocycles. The smallest absolute Gasteiger partial charge is 0.186 e. The molecule has 0 heterocycles. The molecular weight excluding hydrogens is 387 g/mol. The molecule has 4 aromatic rings. The third kappa shape index (κ3) is 3.96. The van der Waals surface area contributed by atoms with E-state index < -0.39 is 7.14 Å². The van der Waals surface area contributed by atoms with Crippen LogP contribution in [0, 0.1) is 0 Å². The summed E-state index contributed by atoms with van der Waals surface area (Å²) in [5.74, 6) is -0.165. The Morgan fingerprint density at radius 3 is 1.33 bits per heavy atom. The van der Waals surface area contributed by atoms with Crippen molar-refractivity contribution in [2.75, 3.05) is 0 Å². The summed E-state index contributed by atoms with van der Waals surface area (Å²) in [5, 5.41) is 1.94. The van der Waals surface area contributed by atoms with E-state index in [2.05, 4.69) is 0 Å². The largest absolute Gasteiger partial charge is 0.309 e. The molecule has 0 atom stereocenters. The van der Waals surface area contributed by atoms with Gasteiger partial charge in [0, 0.05) is 21.5 Å². The Morgan fingerprint density at radius 1 is 0.533 bits per heavy atom. The van der Waals surface area contributed by atoms with Crippen molar-refractivity contribution < 1.29 is 9.36 Å². The Morgan fingerprint density at radius 2 is 0.900 bits per heavy atom. The average Bonchev–Trinajstić information content (AvgIpc) is 2.84. The molecule has 0 radical (unpaired) electrons. The van der Waals surface area contributed by atoms with Crippen molar-refractivity contribution in [2.45, 2.75) is 0 Å². The van der Waals surface area contributed by atoms with Gasteiger partial charge in [-0.15, -0.1) is 0 Å². The Bertz CT molecular complexity index is 1160. The van der Waals surface area contributed by atoms with Gasteiger partial charge in [0.05, 0.1) is 0 Å². The van der Waals surface area contributed by atoms with E-state index in [1.54, 1.807) is 18.2 Å². The Hall–Kier alpha value is -3.48.